The molecule has 204 valence electrons. The first kappa shape index (κ1) is 29.2. The van der Waals surface area contributed by atoms with Gasteiger partial charge in [-0.05, 0) is 72.7 Å². The molecule has 3 aromatic rings. The molecule has 0 bridgehead atoms. The molecule has 0 aliphatic heterocycles. The number of benzene rings is 3. The molecule has 0 aliphatic rings. The Morgan fingerprint density at radius 2 is 1.68 bits per heavy atom. The van der Waals surface area contributed by atoms with Crippen LogP contribution in [-0.2, 0) is 34.2 Å². The quantitative estimate of drug-likeness (QED) is 0.224. The largest absolute Gasteiger partial charge is 0.506 e. The van der Waals surface area contributed by atoms with E-state index in [4.69, 9.17) is 0 Å². The van der Waals surface area contributed by atoms with Crippen molar-refractivity contribution in [2.75, 3.05) is 17.5 Å². The van der Waals surface area contributed by atoms with Crippen LogP contribution in [-0.4, -0.2) is 43.4 Å². The smallest absolute Gasteiger partial charge is 0.229 e. The van der Waals surface area contributed by atoms with Crippen LogP contribution in [0.15, 0.2) is 60.7 Å². The van der Waals surface area contributed by atoms with Crippen LogP contribution in [0.4, 0.5) is 5.69 Å². The second-order valence-electron chi connectivity index (χ2n) is 9.87. The maximum absolute atomic E-state index is 12.5. The van der Waals surface area contributed by atoms with Gasteiger partial charge in [0.15, 0.2) is 0 Å². The third kappa shape index (κ3) is 9.16. The summed E-state index contributed by atoms with van der Waals surface area (Å²) in [4.78, 5) is 12.5. The Bertz CT molecular complexity index is 1370. The molecule has 0 fully saturated rings. The highest BCUT2D eigenvalue weighted by molar-refractivity contribution is 7.92. The van der Waals surface area contributed by atoms with E-state index in [2.05, 4.69) is 41.3 Å². The number of carbonyl (C=O) groups excluding carboxylic acids is 1. The van der Waals surface area contributed by atoms with Gasteiger partial charge in [0.25, 0.3) is 0 Å². The van der Waals surface area contributed by atoms with Crippen LogP contribution in [0, 0.1) is 13.8 Å². The lowest BCUT2D eigenvalue weighted by Crippen LogP contribution is -2.32. The van der Waals surface area contributed by atoms with Gasteiger partial charge in [0.1, 0.15) is 5.75 Å². The van der Waals surface area contributed by atoms with E-state index in [9.17, 15) is 23.4 Å². The summed E-state index contributed by atoms with van der Waals surface area (Å²) in [5.41, 5.74) is 6.01. The Labute approximate surface area is 225 Å². The van der Waals surface area contributed by atoms with Crippen LogP contribution in [0.25, 0.3) is 0 Å². The molecular formula is C29H37N3O5S. The fourth-order valence-corrected chi connectivity index (χ4v) is 4.69. The van der Waals surface area contributed by atoms with Gasteiger partial charge >= 0.3 is 0 Å². The van der Waals surface area contributed by atoms with E-state index in [1.54, 1.807) is 6.07 Å². The minimum absolute atomic E-state index is 0.0203. The number of aliphatic hydroxyl groups is 1. The number of aromatic hydroxyl groups is 1. The molecule has 2 atom stereocenters. The van der Waals surface area contributed by atoms with E-state index < -0.39 is 16.1 Å². The summed E-state index contributed by atoms with van der Waals surface area (Å²) in [5, 5.41) is 26.8. The maximum Gasteiger partial charge on any atom is 0.229 e. The van der Waals surface area contributed by atoms with Crippen LogP contribution >= 0.6 is 0 Å². The highest BCUT2D eigenvalue weighted by atomic mass is 32.2. The van der Waals surface area contributed by atoms with Gasteiger partial charge in [-0.1, -0.05) is 48.5 Å². The molecule has 8 nitrogen and oxygen atoms in total. The number of hydrogen-bond acceptors (Lipinski definition) is 6. The summed E-state index contributed by atoms with van der Waals surface area (Å²) in [6.07, 6.45) is 1.09. The van der Waals surface area contributed by atoms with E-state index in [1.165, 1.54) is 23.3 Å². The number of hydrogen-bond donors (Lipinski definition) is 5. The summed E-state index contributed by atoms with van der Waals surface area (Å²) in [6, 6.07) is 18.4. The van der Waals surface area contributed by atoms with Crippen molar-refractivity contribution < 1.29 is 23.4 Å². The SMILES string of the molecule is Cc1ccc(CNC(=O)Cc2cccc(C[C@@H](C)NC[C@H](O)c3ccc(O)c(NS(C)(=O)=O)c3)c2)cc1C. The van der Waals surface area contributed by atoms with Crippen LogP contribution in [0.2, 0.25) is 0 Å². The van der Waals surface area contributed by atoms with E-state index >= 15 is 0 Å². The number of nitrogens with one attached hydrogen (secondary N) is 3. The van der Waals surface area contributed by atoms with Crippen molar-refractivity contribution in [3.63, 3.8) is 0 Å². The molecule has 3 aromatic carbocycles. The van der Waals surface area contributed by atoms with Gasteiger partial charge in [-0.15, -0.1) is 0 Å². The fourth-order valence-electron chi connectivity index (χ4n) is 4.13. The first-order chi connectivity index (χ1) is 17.9. The van der Waals surface area contributed by atoms with Gasteiger partial charge in [0.2, 0.25) is 15.9 Å². The highest BCUT2D eigenvalue weighted by Gasteiger charge is 2.14. The van der Waals surface area contributed by atoms with E-state index in [0.717, 1.165) is 22.9 Å². The van der Waals surface area contributed by atoms with Crippen molar-refractivity contribution in [2.45, 2.75) is 52.3 Å². The fraction of sp³-hybridized carbons (Fsp3) is 0.345. The number of aliphatic hydroxyl groups excluding tert-OH is 1. The van der Waals surface area contributed by atoms with Crippen LogP contribution in [0.3, 0.4) is 0 Å². The second kappa shape index (κ2) is 12.9. The number of anilines is 1. The molecule has 0 unspecified atom stereocenters. The first-order valence-electron chi connectivity index (χ1n) is 12.5. The maximum atomic E-state index is 12.5. The number of rotatable bonds is 12. The molecule has 0 saturated carbocycles. The monoisotopic (exact) mass is 539 g/mol. The van der Waals surface area contributed by atoms with Gasteiger partial charge in [-0.2, -0.15) is 0 Å². The zero-order chi connectivity index (χ0) is 27.9. The Morgan fingerprint density at radius 1 is 0.947 bits per heavy atom. The van der Waals surface area contributed by atoms with Gasteiger partial charge < -0.3 is 20.8 Å². The minimum atomic E-state index is -3.57. The summed E-state index contributed by atoms with van der Waals surface area (Å²) >= 11 is 0. The van der Waals surface area contributed by atoms with Gasteiger partial charge in [0.05, 0.1) is 24.5 Å². The number of phenols is 1. The molecule has 0 heterocycles. The molecule has 0 spiro atoms. The molecule has 9 heteroatoms. The molecule has 0 radical (unpaired) electrons. The number of phenolic OH excluding ortho intramolecular Hbond substituents is 1. The summed E-state index contributed by atoms with van der Waals surface area (Å²) in [6.45, 7) is 6.87. The molecule has 0 saturated heterocycles. The Morgan fingerprint density at radius 3 is 2.39 bits per heavy atom. The third-order valence-corrected chi connectivity index (χ3v) is 6.91. The molecule has 0 aliphatic carbocycles. The zero-order valence-corrected chi connectivity index (χ0v) is 23.1. The Balaban J connectivity index is 1.50. The molecule has 0 aromatic heterocycles. The number of amides is 1. The molecule has 5 N–H and O–H groups in total. The number of carbonyl (C=O) groups is 1. The predicted molar refractivity (Wildman–Crippen MR) is 151 cm³/mol. The summed E-state index contributed by atoms with van der Waals surface area (Å²) in [5.74, 6) is -0.250. The van der Waals surface area contributed by atoms with Crippen molar-refractivity contribution in [1.29, 1.82) is 0 Å². The Hall–Kier alpha value is -3.40. The van der Waals surface area contributed by atoms with Crippen LogP contribution in [0.1, 0.15) is 46.4 Å². The van der Waals surface area contributed by atoms with E-state index in [-0.39, 0.29) is 29.9 Å². The van der Waals surface area contributed by atoms with Crippen molar-refractivity contribution in [3.8, 4) is 5.75 Å². The average Bonchev–Trinajstić information content (AvgIpc) is 2.84. The van der Waals surface area contributed by atoms with Crippen molar-refractivity contribution in [1.82, 2.24) is 10.6 Å². The van der Waals surface area contributed by atoms with Crippen LogP contribution in [0.5, 0.6) is 5.75 Å². The lowest BCUT2D eigenvalue weighted by atomic mass is 10.0. The van der Waals surface area contributed by atoms with Crippen molar-refractivity contribution in [3.05, 3.63) is 94.0 Å². The topological polar surface area (TPSA) is 128 Å². The van der Waals surface area contributed by atoms with Crippen molar-refractivity contribution >= 4 is 21.6 Å². The summed E-state index contributed by atoms with van der Waals surface area (Å²) < 4.78 is 25.2. The molecule has 38 heavy (non-hydrogen) atoms. The van der Waals surface area contributed by atoms with Crippen LogP contribution < -0.4 is 15.4 Å². The number of sulfonamides is 1. The predicted octanol–water partition coefficient (Wildman–Crippen LogP) is 3.49. The van der Waals surface area contributed by atoms with Gasteiger partial charge in [0, 0.05) is 19.1 Å². The summed E-state index contributed by atoms with van der Waals surface area (Å²) in [7, 11) is -3.57. The highest BCUT2D eigenvalue weighted by Crippen LogP contribution is 2.27. The standard InChI is InChI=1S/C29H37N3O5S/c1-19-8-9-24(12-20(19)2)17-31-29(35)15-23-7-5-6-22(14-23)13-21(3)30-18-28(34)25-10-11-27(33)26(16-25)32-38(4,36)37/h5-12,14,16,21,28,30,32-34H,13,15,17-18H2,1-4H3,(H,31,35)/t21-,28+/m1/s1. The Kier molecular flexibility index (Phi) is 9.90. The second-order valence-corrected chi connectivity index (χ2v) is 11.6. The van der Waals surface area contributed by atoms with Gasteiger partial charge in [-0.3, -0.25) is 9.52 Å². The van der Waals surface area contributed by atoms with Gasteiger partial charge in [-0.25, -0.2) is 8.42 Å². The molecular weight excluding hydrogens is 502 g/mol. The van der Waals surface area contributed by atoms with E-state index in [1.807, 2.05) is 37.3 Å². The van der Waals surface area contributed by atoms with E-state index in [0.29, 0.717) is 24.9 Å². The molecule has 3 rings (SSSR count). The normalized spacial score (nSPS) is 13.1. The minimum Gasteiger partial charge on any atom is -0.506 e. The lowest BCUT2D eigenvalue weighted by molar-refractivity contribution is -0.120. The molecule has 1 amide bonds. The number of aryl methyl sites for hydroxylation is 2. The zero-order valence-electron chi connectivity index (χ0n) is 22.3. The lowest BCUT2D eigenvalue weighted by Gasteiger charge is -2.19. The first-order valence-corrected chi connectivity index (χ1v) is 14.4. The van der Waals surface area contributed by atoms with Crippen molar-refractivity contribution in [2.24, 2.45) is 0 Å². The average molecular weight is 540 g/mol. The third-order valence-electron chi connectivity index (χ3n) is 6.32.